The molecular weight excluding hydrogens is 391 g/mol. The molecule has 1 fully saturated rings. The van der Waals surface area contributed by atoms with Crippen molar-refractivity contribution in [3.05, 3.63) is 52.7 Å². The number of aryl methyl sites for hydroxylation is 1. The van der Waals surface area contributed by atoms with E-state index in [0.29, 0.717) is 38.2 Å². The standard InChI is InChI=1S/C21H29FN4O2S/c1-5-29(27,28)26-12-10-25(11-13-26)21-18(14-17-8-6-7-9-19(17)22)16(4)23-20(24-21)15(2)3/h6-9,15H,5,10-14H2,1-4H3. The highest BCUT2D eigenvalue weighted by molar-refractivity contribution is 7.89. The molecule has 29 heavy (non-hydrogen) atoms. The van der Waals surface area contributed by atoms with E-state index in [1.165, 1.54) is 10.4 Å². The summed E-state index contributed by atoms with van der Waals surface area (Å²) in [6.07, 6.45) is 0.402. The highest BCUT2D eigenvalue weighted by Gasteiger charge is 2.28. The number of sulfonamides is 1. The van der Waals surface area contributed by atoms with Crippen molar-refractivity contribution >= 4 is 15.8 Å². The van der Waals surface area contributed by atoms with Gasteiger partial charge in [0, 0.05) is 49.8 Å². The topological polar surface area (TPSA) is 66.4 Å². The minimum atomic E-state index is -3.20. The summed E-state index contributed by atoms with van der Waals surface area (Å²) in [4.78, 5) is 11.6. The Labute approximate surface area is 172 Å². The summed E-state index contributed by atoms with van der Waals surface area (Å²) in [7, 11) is -3.20. The lowest BCUT2D eigenvalue weighted by Crippen LogP contribution is -2.49. The average Bonchev–Trinajstić information content (AvgIpc) is 2.70. The van der Waals surface area contributed by atoms with Gasteiger partial charge in [0.1, 0.15) is 17.5 Å². The van der Waals surface area contributed by atoms with Crippen LogP contribution in [0.3, 0.4) is 0 Å². The Kier molecular flexibility index (Phi) is 6.53. The second-order valence-corrected chi connectivity index (χ2v) is 9.94. The van der Waals surface area contributed by atoms with E-state index in [1.54, 1.807) is 19.1 Å². The zero-order chi connectivity index (χ0) is 21.2. The first-order valence-corrected chi connectivity index (χ1v) is 11.7. The van der Waals surface area contributed by atoms with E-state index < -0.39 is 10.0 Å². The number of nitrogens with zero attached hydrogens (tertiary/aromatic N) is 4. The molecule has 0 N–H and O–H groups in total. The van der Waals surface area contributed by atoms with Crippen molar-refractivity contribution in [2.75, 3.05) is 36.8 Å². The van der Waals surface area contributed by atoms with Gasteiger partial charge in [0.25, 0.3) is 0 Å². The van der Waals surface area contributed by atoms with Crippen LogP contribution in [0, 0.1) is 12.7 Å². The van der Waals surface area contributed by atoms with Gasteiger partial charge in [0.15, 0.2) is 0 Å². The van der Waals surface area contributed by atoms with Crippen LogP contribution in [0.15, 0.2) is 24.3 Å². The Bertz CT molecular complexity index is 971. The zero-order valence-electron chi connectivity index (χ0n) is 17.5. The first-order valence-electron chi connectivity index (χ1n) is 10.1. The van der Waals surface area contributed by atoms with Crippen molar-refractivity contribution in [3.63, 3.8) is 0 Å². The summed E-state index contributed by atoms with van der Waals surface area (Å²) in [5.74, 6) is 1.56. The van der Waals surface area contributed by atoms with Crippen LogP contribution in [0.25, 0.3) is 0 Å². The molecule has 8 heteroatoms. The molecule has 1 aliphatic heterocycles. The second kappa shape index (κ2) is 8.75. The summed E-state index contributed by atoms with van der Waals surface area (Å²) < 4.78 is 40.2. The van der Waals surface area contributed by atoms with E-state index in [9.17, 15) is 12.8 Å². The maximum absolute atomic E-state index is 14.3. The van der Waals surface area contributed by atoms with E-state index in [0.717, 1.165) is 22.9 Å². The molecule has 158 valence electrons. The summed E-state index contributed by atoms with van der Waals surface area (Å²) in [6, 6.07) is 6.74. The predicted octanol–water partition coefficient (Wildman–Crippen LogP) is 3.11. The van der Waals surface area contributed by atoms with Crippen LogP contribution in [0.1, 0.15) is 49.3 Å². The Hall–Kier alpha value is -2.06. The van der Waals surface area contributed by atoms with Crippen molar-refractivity contribution in [1.29, 1.82) is 0 Å². The van der Waals surface area contributed by atoms with Crippen LogP contribution in [-0.4, -0.2) is 54.6 Å². The zero-order valence-corrected chi connectivity index (χ0v) is 18.3. The van der Waals surface area contributed by atoms with Crippen molar-refractivity contribution in [3.8, 4) is 0 Å². The van der Waals surface area contributed by atoms with Gasteiger partial charge in [-0.2, -0.15) is 4.31 Å². The minimum absolute atomic E-state index is 0.107. The molecule has 0 spiro atoms. The molecule has 2 heterocycles. The van der Waals surface area contributed by atoms with Gasteiger partial charge < -0.3 is 4.90 Å². The molecule has 2 aromatic rings. The molecule has 1 saturated heterocycles. The number of hydrogen-bond donors (Lipinski definition) is 0. The van der Waals surface area contributed by atoms with Crippen LogP contribution in [0.5, 0.6) is 0 Å². The van der Waals surface area contributed by atoms with Gasteiger partial charge in [0.05, 0.1) is 5.75 Å². The maximum atomic E-state index is 14.3. The first kappa shape index (κ1) is 21.6. The molecular formula is C21H29FN4O2S. The Morgan fingerprint density at radius 3 is 2.34 bits per heavy atom. The van der Waals surface area contributed by atoms with Crippen LogP contribution >= 0.6 is 0 Å². The third-order valence-corrected chi connectivity index (χ3v) is 7.23. The monoisotopic (exact) mass is 420 g/mol. The Morgan fingerprint density at radius 2 is 1.76 bits per heavy atom. The number of benzene rings is 1. The lowest BCUT2D eigenvalue weighted by molar-refractivity contribution is 0.384. The maximum Gasteiger partial charge on any atom is 0.213 e. The van der Waals surface area contributed by atoms with E-state index in [4.69, 9.17) is 4.98 Å². The largest absolute Gasteiger partial charge is 0.354 e. The normalized spacial score (nSPS) is 15.9. The molecule has 0 aliphatic carbocycles. The Balaban J connectivity index is 1.95. The highest BCUT2D eigenvalue weighted by atomic mass is 32.2. The SMILES string of the molecule is CCS(=O)(=O)N1CCN(c2nc(C(C)C)nc(C)c2Cc2ccccc2F)CC1. The van der Waals surface area contributed by atoms with Gasteiger partial charge in [-0.3, -0.25) is 0 Å². The molecule has 0 unspecified atom stereocenters. The molecule has 1 aromatic carbocycles. The van der Waals surface area contributed by atoms with Crippen LogP contribution in [0.2, 0.25) is 0 Å². The van der Waals surface area contributed by atoms with Gasteiger partial charge >= 0.3 is 0 Å². The lowest BCUT2D eigenvalue weighted by atomic mass is 10.0. The van der Waals surface area contributed by atoms with Gasteiger partial charge in [-0.1, -0.05) is 32.0 Å². The predicted molar refractivity (Wildman–Crippen MR) is 113 cm³/mol. The quantitative estimate of drug-likeness (QED) is 0.718. The molecule has 0 bridgehead atoms. The van der Waals surface area contributed by atoms with E-state index >= 15 is 0 Å². The molecule has 0 saturated carbocycles. The van der Waals surface area contributed by atoms with Crippen LogP contribution < -0.4 is 4.90 Å². The van der Waals surface area contributed by atoms with Crippen molar-refractivity contribution < 1.29 is 12.8 Å². The molecule has 6 nitrogen and oxygen atoms in total. The summed E-state index contributed by atoms with van der Waals surface area (Å²) in [5.41, 5.74) is 2.34. The van der Waals surface area contributed by atoms with E-state index in [2.05, 4.69) is 9.88 Å². The fourth-order valence-corrected chi connectivity index (χ4v) is 4.61. The third-order valence-electron chi connectivity index (χ3n) is 5.35. The molecule has 0 amide bonds. The molecule has 1 aromatic heterocycles. The smallest absolute Gasteiger partial charge is 0.213 e. The van der Waals surface area contributed by atoms with Gasteiger partial charge in [-0.15, -0.1) is 0 Å². The van der Waals surface area contributed by atoms with Gasteiger partial charge in [-0.05, 0) is 25.5 Å². The lowest BCUT2D eigenvalue weighted by Gasteiger charge is -2.36. The molecule has 3 rings (SSSR count). The number of halogens is 1. The fraction of sp³-hybridized carbons (Fsp3) is 0.524. The number of hydrogen-bond acceptors (Lipinski definition) is 5. The molecule has 0 atom stereocenters. The van der Waals surface area contributed by atoms with Crippen molar-refractivity contribution in [2.45, 2.75) is 40.0 Å². The first-order chi connectivity index (χ1) is 13.7. The fourth-order valence-electron chi connectivity index (χ4n) is 3.52. The van der Waals surface area contributed by atoms with E-state index in [1.807, 2.05) is 26.8 Å². The second-order valence-electron chi connectivity index (χ2n) is 7.68. The highest BCUT2D eigenvalue weighted by Crippen LogP contribution is 2.28. The third kappa shape index (κ3) is 4.75. The number of aromatic nitrogens is 2. The van der Waals surface area contributed by atoms with Gasteiger partial charge in [-0.25, -0.2) is 22.8 Å². The summed E-state index contributed by atoms with van der Waals surface area (Å²) in [5, 5.41) is 0. The summed E-state index contributed by atoms with van der Waals surface area (Å²) in [6.45, 7) is 9.64. The average molecular weight is 421 g/mol. The number of rotatable bonds is 6. The Morgan fingerprint density at radius 1 is 1.10 bits per heavy atom. The molecule has 1 aliphatic rings. The van der Waals surface area contributed by atoms with Gasteiger partial charge in [0.2, 0.25) is 10.0 Å². The number of piperazine rings is 1. The minimum Gasteiger partial charge on any atom is -0.354 e. The molecule has 0 radical (unpaired) electrons. The van der Waals surface area contributed by atoms with Crippen LogP contribution in [0.4, 0.5) is 10.2 Å². The van der Waals surface area contributed by atoms with E-state index in [-0.39, 0.29) is 17.5 Å². The summed E-state index contributed by atoms with van der Waals surface area (Å²) >= 11 is 0. The van der Waals surface area contributed by atoms with Crippen LogP contribution in [-0.2, 0) is 16.4 Å². The van der Waals surface area contributed by atoms with Crippen molar-refractivity contribution in [1.82, 2.24) is 14.3 Å². The van der Waals surface area contributed by atoms with Crippen molar-refractivity contribution in [2.24, 2.45) is 0 Å². The number of anilines is 1.